The van der Waals surface area contributed by atoms with E-state index in [1.807, 2.05) is 50.2 Å². The molecule has 5 nitrogen and oxygen atoms in total. The zero-order chi connectivity index (χ0) is 30.9. The van der Waals surface area contributed by atoms with Crippen LogP contribution in [0.1, 0.15) is 119 Å². The van der Waals surface area contributed by atoms with Crippen LogP contribution in [0.2, 0.25) is 0 Å². The van der Waals surface area contributed by atoms with E-state index in [0.29, 0.717) is 5.56 Å². The van der Waals surface area contributed by atoms with Crippen molar-refractivity contribution in [1.29, 1.82) is 0 Å². The number of carbonyl (C=O) groups is 2. The van der Waals surface area contributed by atoms with Crippen LogP contribution in [-0.2, 0) is 4.74 Å². The van der Waals surface area contributed by atoms with Crippen molar-refractivity contribution in [3.8, 4) is 22.6 Å². The van der Waals surface area contributed by atoms with Crippen molar-refractivity contribution in [3.63, 3.8) is 0 Å². The highest BCUT2D eigenvalue weighted by molar-refractivity contribution is 5.92. The quantitative estimate of drug-likeness (QED) is 0.0789. The van der Waals surface area contributed by atoms with Crippen LogP contribution in [0.5, 0.6) is 11.5 Å². The van der Waals surface area contributed by atoms with Gasteiger partial charge in [-0.25, -0.2) is 14.0 Å². The van der Waals surface area contributed by atoms with Crippen LogP contribution < -0.4 is 9.47 Å². The van der Waals surface area contributed by atoms with Gasteiger partial charge in [-0.2, -0.15) is 0 Å². The second-order valence-electron chi connectivity index (χ2n) is 11.1. The van der Waals surface area contributed by atoms with E-state index in [1.54, 1.807) is 12.1 Å². The Morgan fingerprint density at radius 2 is 1.21 bits per heavy atom. The molecule has 0 amide bonds. The second kappa shape index (κ2) is 18.8. The molecule has 0 unspecified atom stereocenters. The Morgan fingerprint density at radius 1 is 0.651 bits per heavy atom. The lowest BCUT2D eigenvalue weighted by atomic mass is 10.0. The molecule has 0 fully saturated rings. The number of ether oxygens (including phenoxy) is 3. The molecule has 0 N–H and O–H groups in total. The lowest BCUT2D eigenvalue weighted by molar-refractivity contribution is 0.0253. The molecule has 0 radical (unpaired) electrons. The maximum atomic E-state index is 14.7. The van der Waals surface area contributed by atoms with E-state index in [0.717, 1.165) is 61.7 Å². The molecule has 0 spiro atoms. The van der Waals surface area contributed by atoms with Gasteiger partial charge < -0.3 is 14.2 Å². The first-order valence-electron chi connectivity index (χ1n) is 16.0. The maximum Gasteiger partial charge on any atom is 0.343 e. The van der Waals surface area contributed by atoms with Gasteiger partial charge >= 0.3 is 11.9 Å². The van der Waals surface area contributed by atoms with Gasteiger partial charge in [-0.1, -0.05) is 103 Å². The number of rotatable bonds is 19. The van der Waals surface area contributed by atoms with Crippen LogP contribution in [-0.4, -0.2) is 24.6 Å². The second-order valence-corrected chi connectivity index (χ2v) is 11.1. The number of carbonyl (C=O) groups excluding carboxylic acids is 2. The number of benzene rings is 3. The molecule has 0 aromatic heterocycles. The van der Waals surface area contributed by atoms with E-state index < -0.39 is 17.8 Å². The highest BCUT2D eigenvalue weighted by Gasteiger charge is 2.19. The van der Waals surface area contributed by atoms with Crippen molar-refractivity contribution in [2.24, 2.45) is 0 Å². The van der Waals surface area contributed by atoms with Gasteiger partial charge in [0, 0.05) is 6.07 Å². The molecule has 0 saturated heterocycles. The normalized spacial score (nSPS) is 11.0. The number of hydrogen-bond acceptors (Lipinski definition) is 5. The van der Waals surface area contributed by atoms with Crippen LogP contribution in [0.25, 0.3) is 11.1 Å². The summed E-state index contributed by atoms with van der Waals surface area (Å²) in [5.74, 6) is -1.25. The highest BCUT2D eigenvalue weighted by atomic mass is 19.1. The van der Waals surface area contributed by atoms with Gasteiger partial charge in [0.15, 0.2) is 0 Å². The average molecular weight is 591 g/mol. The Morgan fingerprint density at radius 3 is 1.79 bits per heavy atom. The van der Waals surface area contributed by atoms with Gasteiger partial charge in [-0.05, 0) is 66.8 Å². The van der Waals surface area contributed by atoms with E-state index in [4.69, 9.17) is 14.2 Å². The molecular weight excluding hydrogens is 543 g/mol. The van der Waals surface area contributed by atoms with E-state index in [-0.39, 0.29) is 17.4 Å². The molecule has 232 valence electrons. The largest absolute Gasteiger partial charge is 0.494 e. The molecule has 0 heterocycles. The number of hydrogen-bond donors (Lipinski definition) is 0. The van der Waals surface area contributed by atoms with Crippen molar-refractivity contribution < 1.29 is 28.2 Å². The predicted molar refractivity (Wildman–Crippen MR) is 170 cm³/mol. The summed E-state index contributed by atoms with van der Waals surface area (Å²) in [5.41, 5.74) is 2.11. The van der Waals surface area contributed by atoms with E-state index in [2.05, 4.69) is 6.92 Å². The molecular formula is C37H47FO5. The predicted octanol–water partition coefficient (Wildman–Crippen LogP) is 10.4. The summed E-state index contributed by atoms with van der Waals surface area (Å²) in [4.78, 5) is 25.2. The highest BCUT2D eigenvalue weighted by Crippen LogP contribution is 2.25. The molecule has 0 saturated carbocycles. The Hall–Kier alpha value is -3.67. The number of esters is 2. The molecule has 3 rings (SSSR count). The van der Waals surface area contributed by atoms with Crippen LogP contribution in [0.3, 0.4) is 0 Å². The summed E-state index contributed by atoms with van der Waals surface area (Å²) < 4.78 is 31.5. The van der Waals surface area contributed by atoms with Crippen molar-refractivity contribution in [2.45, 2.75) is 104 Å². The van der Waals surface area contributed by atoms with E-state index >= 15 is 0 Å². The fraction of sp³-hybridized carbons (Fsp3) is 0.459. The molecule has 3 aromatic carbocycles. The van der Waals surface area contributed by atoms with Gasteiger partial charge in [0.1, 0.15) is 23.4 Å². The zero-order valence-electron chi connectivity index (χ0n) is 26.0. The molecule has 6 heteroatoms. The molecule has 0 aliphatic carbocycles. The monoisotopic (exact) mass is 590 g/mol. The standard InChI is InChI=1S/C37H47FO5/c1-4-7-8-9-10-11-12-13-26-41-31-22-20-29(21-23-31)28-16-18-30(19-17-28)36(39)43-33-24-25-34(35(38)27-33)37(40)42-32(14-5-2)15-6-3/h16-25,27,32H,4-15,26H2,1-3H3. The zero-order valence-corrected chi connectivity index (χ0v) is 26.0. The smallest absolute Gasteiger partial charge is 0.343 e. The van der Waals surface area contributed by atoms with Gasteiger partial charge in [0.2, 0.25) is 0 Å². The fourth-order valence-corrected chi connectivity index (χ4v) is 4.98. The molecule has 0 aliphatic rings. The molecule has 0 atom stereocenters. The van der Waals surface area contributed by atoms with Crippen LogP contribution in [0, 0.1) is 5.82 Å². The SMILES string of the molecule is CCCCCCCCCCOc1ccc(-c2ccc(C(=O)Oc3ccc(C(=O)OC(CCC)CCC)c(F)c3)cc2)cc1. The Kier molecular flexibility index (Phi) is 14.8. The van der Waals surface area contributed by atoms with Crippen molar-refractivity contribution in [3.05, 3.63) is 83.7 Å². The Bertz CT molecular complexity index is 1250. The summed E-state index contributed by atoms with van der Waals surface area (Å²) in [7, 11) is 0. The Labute approximate surface area is 256 Å². The molecule has 0 bridgehead atoms. The first-order valence-corrected chi connectivity index (χ1v) is 16.0. The van der Waals surface area contributed by atoms with Gasteiger partial charge in [-0.3, -0.25) is 0 Å². The first-order chi connectivity index (χ1) is 20.9. The first kappa shape index (κ1) is 33.8. The van der Waals surface area contributed by atoms with E-state index in [1.165, 1.54) is 57.1 Å². The van der Waals surface area contributed by atoms with Crippen molar-refractivity contribution in [2.75, 3.05) is 6.61 Å². The molecule has 43 heavy (non-hydrogen) atoms. The summed E-state index contributed by atoms with van der Waals surface area (Å²) in [6.45, 7) is 6.99. The maximum absolute atomic E-state index is 14.7. The minimum Gasteiger partial charge on any atom is -0.494 e. The van der Waals surface area contributed by atoms with Crippen LogP contribution in [0.15, 0.2) is 66.7 Å². The van der Waals surface area contributed by atoms with Crippen molar-refractivity contribution in [1.82, 2.24) is 0 Å². The van der Waals surface area contributed by atoms with Gasteiger partial charge in [0.25, 0.3) is 0 Å². The minimum absolute atomic E-state index is 0.0179. The number of unbranched alkanes of at least 4 members (excludes halogenated alkanes) is 7. The topological polar surface area (TPSA) is 61.8 Å². The number of halogens is 1. The van der Waals surface area contributed by atoms with Crippen molar-refractivity contribution >= 4 is 11.9 Å². The van der Waals surface area contributed by atoms with Crippen LogP contribution in [0.4, 0.5) is 4.39 Å². The third-order valence-corrected chi connectivity index (χ3v) is 7.44. The van der Waals surface area contributed by atoms with Gasteiger partial charge in [-0.15, -0.1) is 0 Å². The lowest BCUT2D eigenvalue weighted by Crippen LogP contribution is -2.19. The summed E-state index contributed by atoms with van der Waals surface area (Å²) in [6, 6.07) is 18.7. The third-order valence-electron chi connectivity index (χ3n) is 7.44. The summed E-state index contributed by atoms with van der Waals surface area (Å²) >= 11 is 0. The summed E-state index contributed by atoms with van der Waals surface area (Å²) in [6.07, 6.45) is 13.1. The third kappa shape index (κ3) is 11.5. The lowest BCUT2D eigenvalue weighted by Gasteiger charge is -2.16. The summed E-state index contributed by atoms with van der Waals surface area (Å²) in [5, 5.41) is 0. The fourth-order valence-electron chi connectivity index (χ4n) is 4.98. The average Bonchev–Trinajstić information content (AvgIpc) is 3.01. The van der Waals surface area contributed by atoms with Crippen LogP contribution >= 0.6 is 0 Å². The van der Waals surface area contributed by atoms with E-state index in [9.17, 15) is 14.0 Å². The van der Waals surface area contributed by atoms with Gasteiger partial charge in [0.05, 0.1) is 17.7 Å². The molecule has 0 aliphatic heterocycles. The minimum atomic E-state index is -0.789. The molecule has 3 aromatic rings. The Balaban J connectivity index is 1.47.